The zero-order valence-corrected chi connectivity index (χ0v) is 9.33. The molecule has 2 atom stereocenters. The van der Waals surface area contributed by atoms with E-state index in [1.165, 1.54) is 0 Å². The lowest BCUT2D eigenvalue weighted by molar-refractivity contribution is 0.162. The maximum absolute atomic E-state index is 9.59. The minimum absolute atomic E-state index is 0.0915. The van der Waals surface area contributed by atoms with Gasteiger partial charge in [0.1, 0.15) is 0 Å². The first kappa shape index (κ1) is 11.0. The average Bonchev–Trinajstić information content (AvgIpc) is 2.29. The van der Waals surface area contributed by atoms with Crippen molar-refractivity contribution in [2.24, 2.45) is 11.8 Å². The van der Waals surface area contributed by atoms with Gasteiger partial charge in [-0.3, -0.25) is 4.90 Å². The van der Waals surface area contributed by atoms with Gasteiger partial charge in [0, 0.05) is 19.1 Å². The highest BCUT2D eigenvalue weighted by molar-refractivity contribution is 4.87. The predicted octanol–water partition coefficient (Wildman–Crippen LogP) is 1.73. The predicted molar refractivity (Wildman–Crippen MR) is 55.7 cm³/mol. The van der Waals surface area contributed by atoms with Crippen LogP contribution in [0.2, 0.25) is 0 Å². The number of aliphatic hydroxyl groups excluding tert-OH is 1. The van der Waals surface area contributed by atoms with Crippen molar-refractivity contribution in [2.75, 3.05) is 13.1 Å². The normalized spacial score (nSPS) is 30.7. The zero-order valence-electron chi connectivity index (χ0n) is 9.33. The third-order valence-corrected chi connectivity index (χ3v) is 2.80. The van der Waals surface area contributed by atoms with E-state index in [9.17, 15) is 5.11 Å². The van der Waals surface area contributed by atoms with Gasteiger partial charge in [0.2, 0.25) is 0 Å². The Bertz CT molecular complexity index is 156. The fourth-order valence-corrected chi connectivity index (χ4v) is 2.28. The van der Waals surface area contributed by atoms with Crippen molar-refractivity contribution in [3.05, 3.63) is 0 Å². The Morgan fingerprint density at radius 3 is 2.38 bits per heavy atom. The van der Waals surface area contributed by atoms with Crippen LogP contribution in [-0.4, -0.2) is 35.2 Å². The lowest BCUT2D eigenvalue weighted by Gasteiger charge is -2.28. The Hall–Kier alpha value is -0.0800. The molecule has 1 aliphatic rings. The minimum atomic E-state index is -0.0915. The molecular formula is C11H23NO. The fourth-order valence-electron chi connectivity index (χ4n) is 2.28. The van der Waals surface area contributed by atoms with Crippen molar-refractivity contribution in [1.29, 1.82) is 0 Å². The molecule has 78 valence electrons. The van der Waals surface area contributed by atoms with Gasteiger partial charge in [0.15, 0.2) is 0 Å². The molecule has 13 heavy (non-hydrogen) atoms. The highest BCUT2D eigenvalue weighted by atomic mass is 16.3. The summed E-state index contributed by atoms with van der Waals surface area (Å²) < 4.78 is 0. The Labute approximate surface area is 81.9 Å². The van der Waals surface area contributed by atoms with Gasteiger partial charge in [-0.15, -0.1) is 0 Å². The van der Waals surface area contributed by atoms with Gasteiger partial charge in [0.05, 0.1) is 6.10 Å². The highest BCUT2D eigenvalue weighted by Gasteiger charge is 2.32. The molecule has 2 heteroatoms. The van der Waals surface area contributed by atoms with Crippen molar-refractivity contribution in [1.82, 2.24) is 4.90 Å². The molecule has 0 saturated carbocycles. The molecule has 1 saturated heterocycles. The molecule has 0 bridgehead atoms. The summed E-state index contributed by atoms with van der Waals surface area (Å²) in [5.74, 6) is 1.36. The van der Waals surface area contributed by atoms with Crippen LogP contribution < -0.4 is 0 Å². The fraction of sp³-hybridized carbons (Fsp3) is 1.00. The van der Waals surface area contributed by atoms with E-state index in [0.29, 0.717) is 17.9 Å². The van der Waals surface area contributed by atoms with Crippen LogP contribution in [0.1, 0.15) is 34.1 Å². The Kier molecular flexibility index (Phi) is 3.74. The van der Waals surface area contributed by atoms with Crippen molar-refractivity contribution in [2.45, 2.75) is 46.3 Å². The summed E-state index contributed by atoms with van der Waals surface area (Å²) in [6.07, 6.45) is 0.871. The number of nitrogens with zero attached hydrogens (tertiary/aromatic N) is 1. The third kappa shape index (κ3) is 2.96. The molecule has 0 aromatic carbocycles. The van der Waals surface area contributed by atoms with Crippen LogP contribution in [0.15, 0.2) is 0 Å². The van der Waals surface area contributed by atoms with Crippen molar-refractivity contribution in [3.8, 4) is 0 Å². The zero-order chi connectivity index (χ0) is 10.0. The minimum Gasteiger partial charge on any atom is -0.392 e. The second kappa shape index (κ2) is 4.43. The maximum atomic E-state index is 9.59. The van der Waals surface area contributed by atoms with Gasteiger partial charge in [-0.2, -0.15) is 0 Å². The SMILES string of the molecule is CC(C)CN1C[C@@H](O)C[C@@H]1C(C)C. The first-order chi connectivity index (χ1) is 6.00. The molecule has 1 rings (SSSR count). The molecule has 0 aromatic rings. The topological polar surface area (TPSA) is 23.5 Å². The molecule has 0 radical (unpaired) electrons. The van der Waals surface area contributed by atoms with Gasteiger partial charge >= 0.3 is 0 Å². The summed E-state index contributed by atoms with van der Waals surface area (Å²) in [6, 6.07) is 0.595. The van der Waals surface area contributed by atoms with E-state index in [0.717, 1.165) is 19.5 Å². The summed E-state index contributed by atoms with van der Waals surface area (Å²) in [7, 11) is 0. The summed E-state index contributed by atoms with van der Waals surface area (Å²) in [4.78, 5) is 2.44. The van der Waals surface area contributed by atoms with Crippen LogP contribution in [0.3, 0.4) is 0 Å². The van der Waals surface area contributed by atoms with Crippen LogP contribution in [0, 0.1) is 11.8 Å². The standard InChI is InChI=1S/C11H23NO/c1-8(2)6-12-7-10(13)5-11(12)9(3)4/h8-11,13H,5-7H2,1-4H3/t10-,11+/m0/s1. The molecule has 0 amide bonds. The molecule has 0 spiro atoms. The van der Waals surface area contributed by atoms with Gasteiger partial charge < -0.3 is 5.11 Å². The number of rotatable bonds is 3. The summed E-state index contributed by atoms with van der Waals surface area (Å²) in [5, 5.41) is 9.59. The molecule has 0 aliphatic carbocycles. The van der Waals surface area contributed by atoms with Gasteiger partial charge in [0.25, 0.3) is 0 Å². The lowest BCUT2D eigenvalue weighted by atomic mass is 10.0. The number of β-amino-alcohol motifs (C(OH)–C–C–N with tert-alkyl or cyclic N) is 1. The van der Waals surface area contributed by atoms with Gasteiger partial charge in [-0.05, 0) is 18.3 Å². The van der Waals surface area contributed by atoms with Crippen LogP contribution >= 0.6 is 0 Å². The smallest absolute Gasteiger partial charge is 0.0682 e. The number of aliphatic hydroxyl groups is 1. The third-order valence-electron chi connectivity index (χ3n) is 2.80. The van der Waals surface area contributed by atoms with E-state index in [1.54, 1.807) is 0 Å². The molecule has 0 unspecified atom stereocenters. The van der Waals surface area contributed by atoms with E-state index in [4.69, 9.17) is 0 Å². The largest absolute Gasteiger partial charge is 0.392 e. The number of likely N-dealkylation sites (tertiary alicyclic amines) is 1. The Morgan fingerprint density at radius 2 is 1.92 bits per heavy atom. The average molecular weight is 185 g/mol. The van der Waals surface area contributed by atoms with E-state index in [2.05, 4.69) is 32.6 Å². The van der Waals surface area contributed by atoms with Crippen LogP contribution in [0.4, 0.5) is 0 Å². The summed E-state index contributed by atoms with van der Waals surface area (Å²) in [6.45, 7) is 11.0. The van der Waals surface area contributed by atoms with Gasteiger partial charge in [-0.25, -0.2) is 0 Å². The summed E-state index contributed by atoms with van der Waals surface area (Å²) >= 11 is 0. The molecule has 2 nitrogen and oxygen atoms in total. The van der Waals surface area contributed by atoms with Crippen molar-refractivity contribution >= 4 is 0 Å². The molecule has 1 aliphatic heterocycles. The van der Waals surface area contributed by atoms with Gasteiger partial charge in [-0.1, -0.05) is 27.7 Å². The van der Waals surface area contributed by atoms with Crippen LogP contribution in [-0.2, 0) is 0 Å². The second-order valence-corrected chi connectivity index (χ2v) is 5.05. The van der Waals surface area contributed by atoms with Crippen LogP contribution in [0.25, 0.3) is 0 Å². The molecule has 1 N–H and O–H groups in total. The van der Waals surface area contributed by atoms with Crippen molar-refractivity contribution < 1.29 is 5.11 Å². The van der Waals surface area contributed by atoms with Crippen LogP contribution in [0.5, 0.6) is 0 Å². The van der Waals surface area contributed by atoms with E-state index < -0.39 is 0 Å². The lowest BCUT2D eigenvalue weighted by Crippen LogP contribution is -2.36. The number of hydrogen-bond donors (Lipinski definition) is 1. The second-order valence-electron chi connectivity index (χ2n) is 5.05. The van der Waals surface area contributed by atoms with E-state index in [-0.39, 0.29) is 6.10 Å². The molecule has 0 aromatic heterocycles. The maximum Gasteiger partial charge on any atom is 0.0682 e. The quantitative estimate of drug-likeness (QED) is 0.724. The van der Waals surface area contributed by atoms with E-state index >= 15 is 0 Å². The Morgan fingerprint density at radius 1 is 1.31 bits per heavy atom. The molecule has 1 heterocycles. The first-order valence-corrected chi connectivity index (χ1v) is 5.42. The number of hydrogen-bond acceptors (Lipinski definition) is 2. The monoisotopic (exact) mass is 185 g/mol. The Balaban J connectivity index is 2.50. The molecular weight excluding hydrogens is 162 g/mol. The van der Waals surface area contributed by atoms with E-state index in [1.807, 2.05) is 0 Å². The van der Waals surface area contributed by atoms with Crippen molar-refractivity contribution in [3.63, 3.8) is 0 Å². The summed E-state index contributed by atoms with van der Waals surface area (Å²) in [5.41, 5.74) is 0. The first-order valence-electron chi connectivity index (χ1n) is 5.42. The highest BCUT2D eigenvalue weighted by Crippen LogP contribution is 2.24. The molecule has 1 fully saturated rings.